The molecule has 108 valence electrons. The molecule has 0 amide bonds. The zero-order valence-corrected chi connectivity index (χ0v) is 12.2. The van der Waals surface area contributed by atoms with Gasteiger partial charge in [-0.1, -0.05) is 18.5 Å². The zero-order valence-electron chi connectivity index (χ0n) is 11.4. The molecule has 1 aromatic carbocycles. The summed E-state index contributed by atoms with van der Waals surface area (Å²) in [7, 11) is 0. The molecule has 0 spiro atoms. The lowest BCUT2D eigenvalue weighted by Crippen LogP contribution is -2.22. The molecule has 1 N–H and O–H groups in total. The summed E-state index contributed by atoms with van der Waals surface area (Å²) in [6.07, 6.45) is 1.21. The van der Waals surface area contributed by atoms with Crippen molar-refractivity contribution in [2.45, 2.75) is 13.0 Å². The number of rotatable bonds is 4. The first-order chi connectivity index (χ1) is 10.2. The average Bonchev–Trinajstić information content (AvgIpc) is 2.88. The van der Waals surface area contributed by atoms with Gasteiger partial charge in [-0.3, -0.25) is 4.98 Å². The van der Waals surface area contributed by atoms with E-state index in [1.54, 1.807) is 12.1 Å². The number of benzene rings is 1. The number of pyridine rings is 1. The lowest BCUT2D eigenvalue weighted by Gasteiger charge is -2.14. The fraction of sp³-hybridized carbons (Fsp3) is 0.188. The average molecular weight is 305 g/mol. The van der Waals surface area contributed by atoms with Crippen molar-refractivity contribution in [2.75, 3.05) is 6.54 Å². The molecular formula is C16H14ClFN2O. The summed E-state index contributed by atoms with van der Waals surface area (Å²) in [5.74, 6) is 0.374. The molecule has 2 aromatic heterocycles. The molecule has 1 unspecified atom stereocenters. The highest BCUT2D eigenvalue weighted by Crippen LogP contribution is 2.29. The van der Waals surface area contributed by atoms with E-state index in [1.165, 1.54) is 12.3 Å². The SMILES string of the molecule is CCNC(c1ccc(F)cn1)c1cc2cc(Cl)ccc2o1. The molecule has 3 rings (SSSR count). The molecule has 0 aliphatic rings. The Kier molecular flexibility index (Phi) is 3.90. The molecule has 0 radical (unpaired) electrons. The minimum Gasteiger partial charge on any atom is -0.459 e. The van der Waals surface area contributed by atoms with Crippen LogP contribution >= 0.6 is 11.6 Å². The van der Waals surface area contributed by atoms with Gasteiger partial charge in [0.2, 0.25) is 0 Å². The van der Waals surface area contributed by atoms with Crippen LogP contribution in [-0.2, 0) is 0 Å². The van der Waals surface area contributed by atoms with E-state index in [0.29, 0.717) is 10.7 Å². The summed E-state index contributed by atoms with van der Waals surface area (Å²) in [5.41, 5.74) is 1.47. The maximum absolute atomic E-state index is 13.0. The summed E-state index contributed by atoms with van der Waals surface area (Å²) < 4.78 is 18.9. The van der Waals surface area contributed by atoms with Crippen molar-refractivity contribution in [3.63, 3.8) is 0 Å². The van der Waals surface area contributed by atoms with Gasteiger partial charge < -0.3 is 9.73 Å². The van der Waals surface area contributed by atoms with E-state index in [9.17, 15) is 4.39 Å². The molecule has 3 aromatic rings. The Hall–Kier alpha value is -1.91. The van der Waals surface area contributed by atoms with Gasteiger partial charge >= 0.3 is 0 Å². The van der Waals surface area contributed by atoms with Crippen LogP contribution in [0.3, 0.4) is 0 Å². The number of hydrogen-bond acceptors (Lipinski definition) is 3. The molecule has 0 saturated heterocycles. The maximum atomic E-state index is 13.0. The predicted molar refractivity (Wildman–Crippen MR) is 80.9 cm³/mol. The third-order valence-electron chi connectivity index (χ3n) is 3.24. The second-order valence-electron chi connectivity index (χ2n) is 4.72. The molecule has 0 aliphatic carbocycles. The minimum absolute atomic E-state index is 0.221. The Bertz CT molecular complexity index is 755. The molecule has 0 saturated carbocycles. The molecule has 21 heavy (non-hydrogen) atoms. The highest BCUT2D eigenvalue weighted by molar-refractivity contribution is 6.31. The first kappa shape index (κ1) is 14.0. The van der Waals surface area contributed by atoms with Crippen molar-refractivity contribution in [3.8, 4) is 0 Å². The van der Waals surface area contributed by atoms with Crippen LogP contribution in [0.5, 0.6) is 0 Å². The molecule has 0 fully saturated rings. The van der Waals surface area contributed by atoms with Gasteiger partial charge in [0.1, 0.15) is 23.2 Å². The normalized spacial score (nSPS) is 12.7. The number of nitrogens with zero attached hydrogens (tertiary/aromatic N) is 1. The zero-order chi connectivity index (χ0) is 14.8. The van der Waals surface area contributed by atoms with E-state index in [0.717, 1.165) is 23.3 Å². The van der Waals surface area contributed by atoms with Crippen LogP contribution in [0.4, 0.5) is 4.39 Å². The number of nitrogens with one attached hydrogen (secondary N) is 1. The van der Waals surface area contributed by atoms with Crippen LogP contribution < -0.4 is 5.32 Å². The minimum atomic E-state index is -0.356. The Morgan fingerprint density at radius 1 is 1.29 bits per heavy atom. The monoisotopic (exact) mass is 304 g/mol. The first-order valence-electron chi connectivity index (χ1n) is 6.71. The second-order valence-corrected chi connectivity index (χ2v) is 5.16. The maximum Gasteiger partial charge on any atom is 0.141 e. The van der Waals surface area contributed by atoms with E-state index in [2.05, 4.69) is 10.3 Å². The van der Waals surface area contributed by atoms with Crippen molar-refractivity contribution in [3.05, 3.63) is 64.9 Å². The molecule has 1 atom stereocenters. The van der Waals surface area contributed by atoms with Crippen molar-refractivity contribution in [2.24, 2.45) is 0 Å². The van der Waals surface area contributed by atoms with Crippen LogP contribution in [0, 0.1) is 5.82 Å². The quantitative estimate of drug-likeness (QED) is 0.780. The van der Waals surface area contributed by atoms with Crippen molar-refractivity contribution >= 4 is 22.6 Å². The second kappa shape index (κ2) is 5.84. The lowest BCUT2D eigenvalue weighted by atomic mass is 10.1. The third-order valence-corrected chi connectivity index (χ3v) is 3.47. The van der Waals surface area contributed by atoms with Crippen LogP contribution in [0.1, 0.15) is 24.4 Å². The summed E-state index contributed by atoms with van der Waals surface area (Å²) in [5, 5.41) is 4.89. The molecule has 3 nitrogen and oxygen atoms in total. The molecule has 2 heterocycles. The number of halogens is 2. The topological polar surface area (TPSA) is 38.1 Å². The van der Waals surface area contributed by atoms with E-state index < -0.39 is 0 Å². The summed E-state index contributed by atoms with van der Waals surface area (Å²) in [6, 6.07) is 10.2. The summed E-state index contributed by atoms with van der Waals surface area (Å²) >= 11 is 5.99. The lowest BCUT2D eigenvalue weighted by molar-refractivity contribution is 0.470. The van der Waals surface area contributed by atoms with Crippen LogP contribution in [0.2, 0.25) is 5.02 Å². The van der Waals surface area contributed by atoms with Gasteiger partial charge in [0.15, 0.2) is 0 Å². The van der Waals surface area contributed by atoms with E-state index in [4.69, 9.17) is 16.0 Å². The van der Waals surface area contributed by atoms with Crippen molar-refractivity contribution in [1.82, 2.24) is 10.3 Å². The standard InChI is InChI=1S/C16H14ClFN2O/c1-2-19-16(13-5-4-12(18)9-20-13)15-8-10-7-11(17)3-6-14(10)21-15/h3-9,16,19H,2H2,1H3. The third kappa shape index (κ3) is 2.91. The molecule has 0 bridgehead atoms. The molecule has 0 aliphatic heterocycles. The van der Waals surface area contributed by atoms with E-state index >= 15 is 0 Å². The largest absolute Gasteiger partial charge is 0.459 e. The Morgan fingerprint density at radius 3 is 2.86 bits per heavy atom. The van der Waals surface area contributed by atoms with Crippen LogP contribution in [-0.4, -0.2) is 11.5 Å². The van der Waals surface area contributed by atoms with E-state index in [-0.39, 0.29) is 11.9 Å². The number of furan rings is 1. The fourth-order valence-corrected chi connectivity index (χ4v) is 2.47. The number of hydrogen-bond donors (Lipinski definition) is 1. The molecular weight excluding hydrogens is 291 g/mol. The van der Waals surface area contributed by atoms with Crippen molar-refractivity contribution in [1.29, 1.82) is 0 Å². The van der Waals surface area contributed by atoms with Gasteiger partial charge in [-0.15, -0.1) is 0 Å². The molecule has 5 heteroatoms. The number of fused-ring (bicyclic) bond motifs is 1. The Labute approximate surface area is 126 Å². The highest BCUT2D eigenvalue weighted by atomic mass is 35.5. The fourth-order valence-electron chi connectivity index (χ4n) is 2.29. The van der Waals surface area contributed by atoms with Gasteiger partial charge in [-0.25, -0.2) is 4.39 Å². The smallest absolute Gasteiger partial charge is 0.141 e. The van der Waals surface area contributed by atoms with Gasteiger partial charge in [0.25, 0.3) is 0 Å². The summed E-state index contributed by atoms with van der Waals surface area (Å²) in [6.45, 7) is 2.73. The van der Waals surface area contributed by atoms with Crippen LogP contribution in [0.25, 0.3) is 11.0 Å². The van der Waals surface area contributed by atoms with Crippen LogP contribution in [0.15, 0.2) is 47.0 Å². The predicted octanol–water partition coefficient (Wildman–Crippen LogP) is 4.32. The van der Waals surface area contributed by atoms with E-state index in [1.807, 2.05) is 25.1 Å². The Balaban J connectivity index is 2.04. The first-order valence-corrected chi connectivity index (χ1v) is 7.09. The number of aromatic nitrogens is 1. The van der Waals surface area contributed by atoms with Gasteiger partial charge in [-0.05, 0) is 42.9 Å². The Morgan fingerprint density at radius 2 is 2.14 bits per heavy atom. The van der Waals surface area contributed by atoms with Crippen molar-refractivity contribution < 1.29 is 8.81 Å². The van der Waals surface area contributed by atoms with Gasteiger partial charge in [0.05, 0.1) is 11.9 Å². The highest BCUT2D eigenvalue weighted by Gasteiger charge is 2.19. The van der Waals surface area contributed by atoms with Gasteiger partial charge in [-0.2, -0.15) is 0 Å². The summed E-state index contributed by atoms with van der Waals surface area (Å²) in [4.78, 5) is 4.14. The van der Waals surface area contributed by atoms with Gasteiger partial charge in [0, 0.05) is 10.4 Å².